The monoisotopic (exact) mass is 619 g/mol. The predicted octanol–water partition coefficient (Wildman–Crippen LogP) is 4.07. The van der Waals surface area contributed by atoms with Crippen LogP contribution in [-0.2, 0) is 18.3 Å². The van der Waals surface area contributed by atoms with Gasteiger partial charge in [0.1, 0.15) is 22.0 Å². The van der Waals surface area contributed by atoms with Crippen molar-refractivity contribution < 1.29 is 9.53 Å². The van der Waals surface area contributed by atoms with E-state index in [0.29, 0.717) is 40.5 Å². The van der Waals surface area contributed by atoms with Crippen LogP contribution in [0.3, 0.4) is 0 Å². The number of rotatable bonds is 8. The molecule has 13 heteroatoms. The van der Waals surface area contributed by atoms with Crippen molar-refractivity contribution in [3.8, 4) is 10.7 Å². The number of ether oxygens (including phenoxy) is 1. The number of morpholine rings is 1. The number of nitrogens with one attached hydrogen (secondary N) is 1. The summed E-state index contributed by atoms with van der Waals surface area (Å²) in [5.74, 6) is -0.0792. The molecule has 1 unspecified atom stereocenters. The lowest BCUT2D eigenvalue weighted by Crippen LogP contribution is -2.35. The first-order valence-electron chi connectivity index (χ1n) is 14.4. The van der Waals surface area contributed by atoms with Crippen molar-refractivity contribution in [3.05, 3.63) is 111 Å². The average Bonchev–Trinajstić information content (AvgIpc) is 3.72. The van der Waals surface area contributed by atoms with Crippen LogP contribution in [0.5, 0.6) is 0 Å². The van der Waals surface area contributed by atoms with E-state index in [1.807, 2.05) is 35.7 Å². The molecule has 1 saturated heterocycles. The third-order valence-corrected chi connectivity index (χ3v) is 8.53. The maximum Gasteiger partial charge on any atom is 0.263 e. The van der Waals surface area contributed by atoms with Crippen LogP contribution in [0.4, 0.5) is 11.6 Å². The molecule has 226 valence electrons. The first kappa shape index (κ1) is 28.6. The van der Waals surface area contributed by atoms with Crippen molar-refractivity contribution in [2.75, 3.05) is 32.1 Å². The van der Waals surface area contributed by atoms with Crippen LogP contribution < -0.4 is 10.9 Å². The summed E-state index contributed by atoms with van der Waals surface area (Å²) < 4.78 is 9.03. The number of ketones is 1. The van der Waals surface area contributed by atoms with Crippen molar-refractivity contribution in [2.45, 2.75) is 12.6 Å². The van der Waals surface area contributed by atoms with E-state index in [4.69, 9.17) is 9.72 Å². The maximum atomic E-state index is 14.1. The van der Waals surface area contributed by atoms with Gasteiger partial charge in [0.15, 0.2) is 5.78 Å². The Morgan fingerprint density at radius 3 is 2.67 bits per heavy atom. The number of benzene rings is 2. The minimum atomic E-state index is -0.487. The van der Waals surface area contributed by atoms with Crippen LogP contribution in [0.2, 0.25) is 0 Å². The molecule has 0 saturated carbocycles. The van der Waals surface area contributed by atoms with E-state index in [1.165, 1.54) is 15.9 Å². The smallest absolute Gasteiger partial charge is 0.263 e. The first-order valence-corrected chi connectivity index (χ1v) is 15.3. The molecule has 0 spiro atoms. The number of carbonyl (C=O) groups is 1. The molecular weight excluding hydrogens is 590 g/mol. The fourth-order valence-electron chi connectivity index (χ4n) is 5.42. The molecule has 45 heavy (non-hydrogen) atoms. The maximum absolute atomic E-state index is 14.1. The summed E-state index contributed by atoms with van der Waals surface area (Å²) in [7, 11) is 3.87. The molecule has 0 aliphatic carbocycles. The van der Waals surface area contributed by atoms with Crippen molar-refractivity contribution in [1.29, 1.82) is 0 Å². The highest BCUT2D eigenvalue weighted by atomic mass is 32.1. The van der Waals surface area contributed by atoms with Crippen LogP contribution in [-0.4, -0.2) is 71.9 Å². The molecule has 1 atom stereocenters. The minimum Gasteiger partial charge on any atom is -0.371 e. The number of carbonyl (C=O) groups excluding carboxylic acids is 1. The number of aryl methyl sites for hydroxylation is 1. The number of likely N-dealkylation sites (N-methyl/N-ethyl adjacent to an activating group) is 1. The molecule has 0 amide bonds. The third kappa shape index (κ3) is 5.76. The Bertz CT molecular complexity index is 2040. The summed E-state index contributed by atoms with van der Waals surface area (Å²) >= 11 is 1.45. The molecule has 7 rings (SSSR count). The average molecular weight is 620 g/mol. The molecule has 4 aromatic heterocycles. The van der Waals surface area contributed by atoms with Crippen molar-refractivity contribution in [2.24, 2.45) is 7.05 Å². The van der Waals surface area contributed by atoms with Crippen LogP contribution in [0.15, 0.2) is 83.2 Å². The summed E-state index contributed by atoms with van der Waals surface area (Å²) in [5.41, 5.74) is 3.39. The Labute approximate surface area is 262 Å². The first-order chi connectivity index (χ1) is 21.9. The van der Waals surface area contributed by atoms with Gasteiger partial charge in [0.2, 0.25) is 5.95 Å². The molecular formula is C32H29N9O3S. The summed E-state index contributed by atoms with van der Waals surface area (Å²) in [5, 5.41) is 14.9. The predicted molar refractivity (Wildman–Crippen MR) is 171 cm³/mol. The van der Waals surface area contributed by atoms with E-state index in [0.717, 1.165) is 29.3 Å². The van der Waals surface area contributed by atoms with E-state index in [2.05, 4.69) is 37.5 Å². The van der Waals surface area contributed by atoms with Crippen LogP contribution in [0.25, 0.3) is 21.7 Å². The number of pyridine rings is 1. The lowest BCUT2D eigenvalue weighted by Gasteiger charge is -2.30. The van der Waals surface area contributed by atoms with Gasteiger partial charge in [0, 0.05) is 54.5 Å². The number of nitrogens with zero attached hydrogens (tertiary/aromatic N) is 8. The quantitative estimate of drug-likeness (QED) is 0.249. The Hall–Kier alpha value is -5.11. The number of anilines is 2. The fourth-order valence-corrected chi connectivity index (χ4v) is 6.16. The van der Waals surface area contributed by atoms with Gasteiger partial charge in [-0.25, -0.2) is 14.6 Å². The number of thiazole rings is 1. The number of aromatic nitrogens is 7. The molecule has 2 aromatic carbocycles. The molecule has 0 bridgehead atoms. The molecule has 5 heterocycles. The molecule has 1 N–H and O–H groups in total. The summed E-state index contributed by atoms with van der Waals surface area (Å²) in [6, 6.07) is 18.2. The second-order valence-corrected chi connectivity index (χ2v) is 11.7. The highest BCUT2D eigenvalue weighted by molar-refractivity contribution is 7.13. The van der Waals surface area contributed by atoms with Gasteiger partial charge in [-0.15, -0.1) is 16.4 Å². The largest absolute Gasteiger partial charge is 0.371 e. The van der Waals surface area contributed by atoms with Gasteiger partial charge in [-0.2, -0.15) is 4.98 Å². The minimum absolute atomic E-state index is 0.0175. The van der Waals surface area contributed by atoms with Gasteiger partial charge in [0.25, 0.3) is 5.56 Å². The number of fused-ring (bicyclic) bond motifs is 1. The van der Waals surface area contributed by atoms with Crippen molar-refractivity contribution in [3.63, 3.8) is 0 Å². The van der Waals surface area contributed by atoms with Crippen LogP contribution in [0, 0.1) is 0 Å². The molecule has 1 aliphatic heterocycles. The van der Waals surface area contributed by atoms with E-state index in [-0.39, 0.29) is 24.0 Å². The number of hydrogen-bond acceptors (Lipinski definition) is 11. The Balaban J connectivity index is 1.28. The molecule has 12 nitrogen and oxygen atoms in total. The van der Waals surface area contributed by atoms with Gasteiger partial charge in [-0.3, -0.25) is 14.2 Å². The zero-order chi connectivity index (χ0) is 30.9. The Kier molecular flexibility index (Phi) is 7.71. The SMILES string of the molecule is CN1CCOC(c2ccc(Nc3ncc4cc(C(=O)c5ccccc5)c(=O)n(Cc5nnn(C)c5-c5nccs5)c4n3)cc2)C1. The third-order valence-electron chi connectivity index (χ3n) is 7.76. The summed E-state index contributed by atoms with van der Waals surface area (Å²) in [6.45, 7) is 2.48. The molecule has 1 fully saturated rings. The van der Waals surface area contributed by atoms with Gasteiger partial charge in [-0.1, -0.05) is 47.7 Å². The lowest BCUT2D eigenvalue weighted by molar-refractivity contribution is -0.0208. The summed E-state index contributed by atoms with van der Waals surface area (Å²) in [6.07, 6.45) is 3.34. The summed E-state index contributed by atoms with van der Waals surface area (Å²) in [4.78, 5) is 43.5. The standard InChI is InChI=1S/C32H29N9O3S/c1-39-13-14-44-26(19-39)20-8-10-23(11-9-20)35-32-34-17-22-16-24(28(42)21-6-4-3-5-7-21)31(43)41(29(22)36-32)18-25-27(40(2)38-37-25)30-33-12-15-45-30/h3-12,15-17,26H,13-14,18-19H2,1-2H3,(H,34,35,36). The van der Waals surface area contributed by atoms with E-state index >= 15 is 0 Å². The topological polar surface area (TPSA) is 133 Å². The Morgan fingerprint density at radius 1 is 1.09 bits per heavy atom. The van der Waals surface area contributed by atoms with Gasteiger partial charge >= 0.3 is 0 Å². The Morgan fingerprint density at radius 2 is 1.91 bits per heavy atom. The zero-order valence-corrected chi connectivity index (χ0v) is 25.4. The van der Waals surface area contributed by atoms with E-state index < -0.39 is 5.56 Å². The molecule has 6 aromatic rings. The highest BCUT2D eigenvalue weighted by Gasteiger charge is 2.23. The van der Waals surface area contributed by atoms with E-state index in [9.17, 15) is 9.59 Å². The lowest BCUT2D eigenvalue weighted by atomic mass is 10.0. The van der Waals surface area contributed by atoms with Crippen molar-refractivity contribution in [1.82, 2.24) is 39.4 Å². The van der Waals surface area contributed by atoms with Gasteiger partial charge in [-0.05, 0) is 30.8 Å². The fraction of sp³-hybridized carbons (Fsp3) is 0.219. The second kappa shape index (κ2) is 12.1. The van der Waals surface area contributed by atoms with Crippen LogP contribution in [0.1, 0.15) is 33.3 Å². The number of hydrogen-bond donors (Lipinski definition) is 1. The van der Waals surface area contributed by atoms with Crippen LogP contribution >= 0.6 is 11.3 Å². The molecule has 0 radical (unpaired) electrons. The van der Waals surface area contributed by atoms with Gasteiger partial charge in [0.05, 0.1) is 24.8 Å². The normalized spacial score (nSPS) is 15.4. The van der Waals surface area contributed by atoms with Gasteiger partial charge < -0.3 is 15.0 Å². The van der Waals surface area contributed by atoms with E-state index in [1.54, 1.807) is 54.5 Å². The second-order valence-electron chi connectivity index (χ2n) is 10.8. The molecule has 1 aliphatic rings. The zero-order valence-electron chi connectivity index (χ0n) is 24.6. The van der Waals surface area contributed by atoms with Crippen molar-refractivity contribution >= 4 is 39.8 Å². The highest BCUT2D eigenvalue weighted by Crippen LogP contribution is 2.27.